The summed E-state index contributed by atoms with van der Waals surface area (Å²) in [5.74, 6) is -0.519. The van der Waals surface area contributed by atoms with E-state index in [0.29, 0.717) is 17.4 Å². The molecule has 0 aromatic carbocycles. The highest BCUT2D eigenvalue weighted by Gasteiger charge is 2.30. The number of carbonyl (C=O) groups is 2. The Morgan fingerprint density at radius 2 is 0.727 bits per heavy atom. The third kappa shape index (κ3) is 66.8. The molecule has 0 saturated heterocycles. The summed E-state index contributed by atoms with van der Waals surface area (Å²) in [6.45, 7) is 6.87. The fraction of sp³-hybridized carbons (Fsp3) is 0.718. The van der Waals surface area contributed by atoms with Crippen LogP contribution in [0, 0.1) is 0 Å². The molecule has 0 heterocycles. The number of esters is 1. The van der Waals surface area contributed by atoms with E-state index in [1.54, 1.807) is 0 Å². The van der Waals surface area contributed by atoms with Crippen molar-refractivity contribution in [3.05, 3.63) is 122 Å². The number of rotatable bonds is 65. The number of hydrogen-bond acceptors (Lipinski definition) is 6. The lowest BCUT2D eigenvalue weighted by molar-refractivity contribution is -0.870. The maximum atomic E-state index is 13.6. The highest BCUT2D eigenvalue weighted by molar-refractivity contribution is 7.47. The topological polar surface area (TPSA) is 111 Å². The largest absolute Gasteiger partial charge is 0.472 e. The van der Waals surface area contributed by atoms with Crippen LogP contribution in [0.4, 0.5) is 0 Å². The van der Waals surface area contributed by atoms with Crippen LogP contribution in [0.2, 0.25) is 0 Å². The van der Waals surface area contributed by atoms with Gasteiger partial charge in [-0.3, -0.25) is 18.6 Å². The average Bonchev–Trinajstić information content (AvgIpc) is 3.66. The molecule has 0 rings (SSSR count). The lowest BCUT2D eigenvalue weighted by Gasteiger charge is -2.27. The van der Waals surface area contributed by atoms with Crippen LogP contribution in [-0.2, 0) is 27.9 Å². The fourth-order valence-electron chi connectivity index (χ4n) is 10.1. The Bertz CT molecular complexity index is 1920. The second kappa shape index (κ2) is 66.3. The molecular weight excluding hydrogens is 1110 g/mol. The first kappa shape index (κ1) is 84.4. The van der Waals surface area contributed by atoms with E-state index < -0.39 is 20.0 Å². The third-order valence-electron chi connectivity index (χ3n) is 15.6. The number of ether oxygens (including phenoxy) is 1. The normalized spacial score (nSPS) is 14.2. The molecule has 0 bridgehead atoms. The molecule has 0 radical (unpaired) electrons. The molecule has 0 saturated carbocycles. The van der Waals surface area contributed by atoms with E-state index in [2.05, 4.69) is 135 Å². The molecule has 2 N–H and O–H groups in total. The molecular formula is C78H138N2O7P+. The van der Waals surface area contributed by atoms with Gasteiger partial charge in [-0.25, -0.2) is 4.57 Å². The number of quaternary nitrogens is 1. The van der Waals surface area contributed by atoms with E-state index in [0.717, 1.165) is 122 Å². The highest BCUT2D eigenvalue weighted by atomic mass is 31.2. The number of unbranched alkanes of at least 4 members (excludes halogenated alkanes) is 31. The van der Waals surface area contributed by atoms with Gasteiger partial charge in [0.05, 0.1) is 33.8 Å². The van der Waals surface area contributed by atoms with Crippen molar-refractivity contribution in [2.75, 3.05) is 40.9 Å². The Labute approximate surface area is 543 Å². The van der Waals surface area contributed by atoms with Gasteiger partial charge in [0.15, 0.2) is 0 Å². The fourth-order valence-corrected chi connectivity index (χ4v) is 10.8. The van der Waals surface area contributed by atoms with E-state index in [1.807, 2.05) is 33.3 Å². The van der Waals surface area contributed by atoms with Crippen LogP contribution < -0.4 is 5.32 Å². The molecule has 0 aliphatic carbocycles. The Hall–Kier alpha value is -3.59. The minimum Gasteiger partial charge on any atom is -0.456 e. The van der Waals surface area contributed by atoms with Gasteiger partial charge >= 0.3 is 13.8 Å². The molecule has 9 nitrogen and oxygen atoms in total. The van der Waals surface area contributed by atoms with Gasteiger partial charge in [0.1, 0.15) is 19.3 Å². The van der Waals surface area contributed by atoms with Gasteiger partial charge in [0, 0.05) is 12.8 Å². The van der Waals surface area contributed by atoms with Gasteiger partial charge < -0.3 is 19.4 Å². The smallest absolute Gasteiger partial charge is 0.456 e. The predicted molar refractivity (Wildman–Crippen MR) is 383 cm³/mol. The monoisotopic (exact) mass is 1250 g/mol. The number of carbonyl (C=O) groups excluding carboxylic acids is 2. The zero-order chi connectivity index (χ0) is 64.2. The van der Waals surface area contributed by atoms with Gasteiger partial charge in [0.25, 0.3) is 0 Å². The van der Waals surface area contributed by atoms with Crippen LogP contribution in [0.1, 0.15) is 310 Å². The number of nitrogens with one attached hydrogen (secondary N) is 1. The quantitative estimate of drug-likeness (QED) is 0.0205. The van der Waals surface area contributed by atoms with Crippen molar-refractivity contribution < 1.29 is 37.3 Å². The predicted octanol–water partition coefficient (Wildman–Crippen LogP) is 23.4. The van der Waals surface area contributed by atoms with Gasteiger partial charge in [-0.2, -0.15) is 0 Å². The van der Waals surface area contributed by atoms with Crippen LogP contribution in [0.15, 0.2) is 122 Å². The number of phosphoric acid groups is 1. The van der Waals surface area contributed by atoms with E-state index in [1.165, 1.54) is 154 Å². The van der Waals surface area contributed by atoms with Gasteiger partial charge in [-0.05, 0) is 122 Å². The summed E-state index contributed by atoms with van der Waals surface area (Å²) >= 11 is 0. The first-order valence-electron chi connectivity index (χ1n) is 36.4. The van der Waals surface area contributed by atoms with Crippen molar-refractivity contribution in [1.82, 2.24) is 5.32 Å². The molecule has 3 unspecified atom stereocenters. The maximum absolute atomic E-state index is 13.6. The molecule has 1 amide bonds. The van der Waals surface area contributed by atoms with Crippen molar-refractivity contribution in [3.63, 3.8) is 0 Å². The second-order valence-corrected chi connectivity index (χ2v) is 26.8. The zero-order valence-corrected chi connectivity index (χ0v) is 58.8. The lowest BCUT2D eigenvalue weighted by atomic mass is 10.0. The summed E-state index contributed by atoms with van der Waals surface area (Å²) in [5.41, 5.74) is 0. The minimum absolute atomic E-state index is 0.0323. The van der Waals surface area contributed by atoms with Gasteiger partial charge in [-0.15, -0.1) is 0 Å². The number of likely N-dealkylation sites (N-methyl/N-ethyl adjacent to an activating group) is 1. The van der Waals surface area contributed by atoms with Crippen molar-refractivity contribution >= 4 is 19.7 Å². The summed E-state index contributed by atoms with van der Waals surface area (Å²) in [6.07, 6.45) is 93.5. The molecule has 0 aromatic heterocycles. The van der Waals surface area contributed by atoms with Gasteiger partial charge in [0.2, 0.25) is 5.91 Å². The molecule has 0 aromatic rings. The summed E-state index contributed by atoms with van der Waals surface area (Å²) in [7, 11) is 1.48. The lowest BCUT2D eigenvalue weighted by Crippen LogP contribution is -2.47. The van der Waals surface area contributed by atoms with Crippen LogP contribution in [-0.4, -0.2) is 74.3 Å². The standard InChI is InChI=1S/C78H137N2O7P/c1-7-10-13-16-19-22-25-28-30-32-34-36-38-39-40-41-43-44-46-48-50-52-55-58-61-64-67-70-77(81)79-75(74-86-88(83,84)85-73-72-80(4,5)6)76(69-66-63-60-57-54-27-24-21-18-15-12-9-3)87-78(82)71-68-65-62-59-56-53-51-49-47-45-42-37-35-33-31-29-26-23-20-17-14-11-8-2/h10,13,19-20,22-23,28-31,34-37,39-40,43-44,66,69,75-76H,7-9,11-12,14-18,21,24-27,32-33,38,41-42,45-65,67-68,70-74H2,1-6H3,(H-,79,81,83,84)/p+1/b13-10-,22-19-,23-20-,30-28-,31-29-,36-34-,37-35-,40-39-,44-43-,69-66-. The van der Waals surface area contributed by atoms with Gasteiger partial charge in [-0.1, -0.05) is 297 Å². The SMILES string of the molecule is CC/C=C\C/C=C\C/C=C\C/C=C\C/C=C\C/C=C\CCCCCCCCCCC(=O)NC(COP(=O)(O)OCC[N+](C)(C)C)C(/C=C\CCCCCCCCCCCC)OC(=O)CCCCCCCCCCCC/C=C\C/C=C\C/C=C\CCCCC. The number of nitrogens with zero attached hydrogens (tertiary/aromatic N) is 1. The summed E-state index contributed by atoms with van der Waals surface area (Å²) in [4.78, 5) is 37.9. The zero-order valence-electron chi connectivity index (χ0n) is 57.9. The highest BCUT2D eigenvalue weighted by Crippen LogP contribution is 2.43. The molecule has 0 aliphatic rings. The number of phosphoric ester groups is 1. The summed E-state index contributed by atoms with van der Waals surface area (Å²) in [5, 5.41) is 3.07. The van der Waals surface area contributed by atoms with Crippen LogP contribution in [0.5, 0.6) is 0 Å². The molecule has 88 heavy (non-hydrogen) atoms. The number of hydrogen-bond donors (Lipinski definition) is 2. The van der Waals surface area contributed by atoms with Crippen LogP contribution >= 0.6 is 7.82 Å². The Morgan fingerprint density at radius 1 is 0.409 bits per heavy atom. The third-order valence-corrected chi connectivity index (χ3v) is 16.6. The Balaban J connectivity index is 5.09. The van der Waals surface area contributed by atoms with E-state index in [4.69, 9.17) is 13.8 Å². The number of allylic oxidation sites excluding steroid dienone is 19. The Kier molecular flexibility index (Phi) is 63.6. The summed E-state index contributed by atoms with van der Waals surface area (Å²) < 4.78 is 30.8. The minimum atomic E-state index is -4.47. The molecule has 506 valence electrons. The van der Waals surface area contributed by atoms with E-state index in [-0.39, 0.29) is 31.5 Å². The Morgan fingerprint density at radius 3 is 1.11 bits per heavy atom. The first-order chi connectivity index (χ1) is 42.9. The molecule has 0 fully saturated rings. The van der Waals surface area contributed by atoms with Crippen molar-refractivity contribution in [1.29, 1.82) is 0 Å². The van der Waals surface area contributed by atoms with E-state index >= 15 is 0 Å². The van der Waals surface area contributed by atoms with Crippen LogP contribution in [0.25, 0.3) is 0 Å². The van der Waals surface area contributed by atoms with E-state index in [9.17, 15) is 19.0 Å². The molecule has 0 aliphatic heterocycles. The average molecular weight is 1250 g/mol. The first-order valence-corrected chi connectivity index (χ1v) is 37.9. The summed E-state index contributed by atoms with van der Waals surface area (Å²) in [6, 6.07) is -0.864. The van der Waals surface area contributed by atoms with Crippen LogP contribution in [0.3, 0.4) is 0 Å². The second-order valence-electron chi connectivity index (χ2n) is 25.4. The number of amides is 1. The van der Waals surface area contributed by atoms with Crippen molar-refractivity contribution in [2.45, 2.75) is 322 Å². The molecule has 10 heteroatoms. The van der Waals surface area contributed by atoms with Crippen molar-refractivity contribution in [2.24, 2.45) is 0 Å². The van der Waals surface area contributed by atoms with Crippen molar-refractivity contribution in [3.8, 4) is 0 Å². The molecule has 0 spiro atoms. The molecule has 3 atom stereocenters. The maximum Gasteiger partial charge on any atom is 0.472 e.